The first-order chi connectivity index (χ1) is 17.7. The van der Waals surface area contributed by atoms with Crippen molar-refractivity contribution in [2.24, 2.45) is 0 Å². The Bertz CT molecular complexity index is 1210. The molecular weight excluding hydrogens is 470 g/mol. The van der Waals surface area contributed by atoms with E-state index in [0.29, 0.717) is 36.6 Å². The molecule has 0 saturated heterocycles. The van der Waals surface area contributed by atoms with Crippen LogP contribution in [-0.2, 0) is 17.7 Å². The number of rotatable bonds is 10. The lowest BCUT2D eigenvalue weighted by atomic mass is 9.93. The van der Waals surface area contributed by atoms with E-state index in [1.807, 2.05) is 75.4 Å². The van der Waals surface area contributed by atoms with Crippen LogP contribution in [0.5, 0.6) is 17.2 Å². The van der Waals surface area contributed by atoms with Gasteiger partial charge in [-0.1, -0.05) is 36.4 Å². The van der Waals surface area contributed by atoms with E-state index in [-0.39, 0.29) is 0 Å². The lowest BCUT2D eigenvalue weighted by Crippen LogP contribution is -2.37. The number of hydrogen-bond acceptors (Lipinski definition) is 6. The first kappa shape index (κ1) is 27.6. The van der Waals surface area contributed by atoms with Gasteiger partial charge in [0.05, 0.1) is 21.3 Å². The van der Waals surface area contributed by atoms with Gasteiger partial charge in [0, 0.05) is 18.7 Å². The number of carbonyl (C=O) groups excluding carboxylic acids is 2. The van der Waals surface area contributed by atoms with Crippen LogP contribution < -0.4 is 14.2 Å². The molecular formula is C30H35NO6. The lowest BCUT2D eigenvalue weighted by Gasteiger charge is -2.28. The number of ether oxygens (including phenoxy) is 4. The first-order valence-electron chi connectivity index (χ1n) is 12.1. The van der Waals surface area contributed by atoms with Crippen LogP contribution in [0.15, 0.2) is 60.7 Å². The molecule has 7 heteroatoms. The number of hydrogen-bond donors (Lipinski definition) is 0. The third-order valence-corrected chi connectivity index (χ3v) is 5.82. The van der Waals surface area contributed by atoms with Crippen LogP contribution in [0.4, 0.5) is 4.79 Å². The van der Waals surface area contributed by atoms with Gasteiger partial charge in [0.15, 0.2) is 17.8 Å². The molecule has 0 aliphatic carbocycles. The van der Waals surface area contributed by atoms with Gasteiger partial charge in [-0.3, -0.25) is 4.79 Å². The van der Waals surface area contributed by atoms with Crippen molar-refractivity contribution in [3.05, 3.63) is 77.4 Å². The highest BCUT2D eigenvalue weighted by Gasteiger charge is 2.23. The molecule has 1 amide bonds. The second-order valence-electron chi connectivity index (χ2n) is 9.57. The minimum absolute atomic E-state index is 0.368. The third-order valence-electron chi connectivity index (χ3n) is 5.82. The Morgan fingerprint density at radius 2 is 1.51 bits per heavy atom. The Labute approximate surface area is 218 Å². The summed E-state index contributed by atoms with van der Waals surface area (Å²) in [5.41, 5.74) is 3.42. The summed E-state index contributed by atoms with van der Waals surface area (Å²) in [6, 6.07) is 18.8. The van der Waals surface area contributed by atoms with Gasteiger partial charge in [0.1, 0.15) is 11.4 Å². The zero-order chi connectivity index (χ0) is 27.0. The maximum atomic E-state index is 13.2. The Kier molecular flexibility index (Phi) is 9.17. The summed E-state index contributed by atoms with van der Waals surface area (Å²) in [5, 5.41) is 0. The minimum atomic E-state index is -0.632. The molecule has 0 fully saturated rings. The molecule has 0 atom stereocenters. The van der Waals surface area contributed by atoms with Crippen LogP contribution in [-0.4, -0.2) is 50.8 Å². The summed E-state index contributed by atoms with van der Waals surface area (Å²) >= 11 is 0. The van der Waals surface area contributed by atoms with Gasteiger partial charge in [-0.05, 0) is 73.7 Å². The van der Waals surface area contributed by atoms with Gasteiger partial charge in [0.2, 0.25) is 0 Å². The maximum absolute atomic E-state index is 13.2. The smallest absolute Gasteiger partial charge is 0.410 e. The Morgan fingerprint density at radius 3 is 2.11 bits per heavy atom. The molecule has 3 aromatic rings. The molecule has 3 rings (SSSR count). The summed E-state index contributed by atoms with van der Waals surface area (Å²) in [4.78, 5) is 26.6. The van der Waals surface area contributed by atoms with Crippen molar-refractivity contribution in [3.63, 3.8) is 0 Å². The number of nitrogens with zero attached hydrogens (tertiary/aromatic N) is 1. The van der Waals surface area contributed by atoms with Crippen LogP contribution in [0, 0.1) is 0 Å². The molecule has 0 N–H and O–H groups in total. The van der Waals surface area contributed by atoms with Crippen LogP contribution in [0.3, 0.4) is 0 Å². The summed E-state index contributed by atoms with van der Waals surface area (Å²) in [7, 11) is 4.77. The summed E-state index contributed by atoms with van der Waals surface area (Å²) in [6.45, 7) is 6.29. The van der Waals surface area contributed by atoms with Crippen molar-refractivity contribution in [1.82, 2.24) is 4.90 Å². The molecule has 0 aliphatic rings. The highest BCUT2D eigenvalue weighted by Crippen LogP contribution is 2.37. The molecule has 0 aromatic heterocycles. The van der Waals surface area contributed by atoms with Gasteiger partial charge in [-0.15, -0.1) is 0 Å². The first-order valence-corrected chi connectivity index (χ1v) is 12.1. The highest BCUT2D eigenvalue weighted by atomic mass is 16.6. The standard InChI is InChI=1S/C30H35NO6/c1-30(2,3)37-29(33)31(19-21-11-13-24(34-4)14-12-21)16-15-22-17-27(35-5)28(36-6)18-26(22)25-10-8-7-9-23(25)20-32/h7-14,17-18,20H,15-16,19H2,1-6H3. The summed E-state index contributed by atoms with van der Waals surface area (Å²) in [6.07, 6.45) is 0.934. The molecule has 37 heavy (non-hydrogen) atoms. The van der Waals surface area contributed by atoms with Gasteiger partial charge >= 0.3 is 6.09 Å². The number of benzene rings is 3. The summed E-state index contributed by atoms with van der Waals surface area (Å²) < 4.78 is 22.1. The third kappa shape index (κ3) is 7.26. The van der Waals surface area contributed by atoms with E-state index in [0.717, 1.165) is 34.3 Å². The van der Waals surface area contributed by atoms with E-state index < -0.39 is 11.7 Å². The molecule has 7 nitrogen and oxygen atoms in total. The van der Waals surface area contributed by atoms with Crippen molar-refractivity contribution in [3.8, 4) is 28.4 Å². The van der Waals surface area contributed by atoms with Crippen LogP contribution in [0.25, 0.3) is 11.1 Å². The van der Waals surface area contributed by atoms with Gasteiger partial charge in [-0.2, -0.15) is 0 Å². The number of aldehydes is 1. The molecule has 3 aromatic carbocycles. The summed E-state index contributed by atoms with van der Waals surface area (Å²) in [5.74, 6) is 1.88. The van der Waals surface area contributed by atoms with E-state index >= 15 is 0 Å². The predicted molar refractivity (Wildman–Crippen MR) is 144 cm³/mol. The molecule has 0 aliphatic heterocycles. The predicted octanol–water partition coefficient (Wildman–Crippen LogP) is 6.17. The van der Waals surface area contributed by atoms with E-state index in [2.05, 4.69) is 0 Å². The van der Waals surface area contributed by atoms with Gasteiger partial charge in [0.25, 0.3) is 0 Å². The topological polar surface area (TPSA) is 74.3 Å². The zero-order valence-corrected chi connectivity index (χ0v) is 22.4. The average Bonchev–Trinajstić information content (AvgIpc) is 2.89. The fourth-order valence-corrected chi connectivity index (χ4v) is 3.99. The Morgan fingerprint density at radius 1 is 0.865 bits per heavy atom. The zero-order valence-electron chi connectivity index (χ0n) is 22.4. The molecule has 0 radical (unpaired) electrons. The number of carbonyl (C=O) groups is 2. The van der Waals surface area contributed by atoms with E-state index in [4.69, 9.17) is 18.9 Å². The maximum Gasteiger partial charge on any atom is 0.410 e. The molecule has 196 valence electrons. The van der Waals surface area contributed by atoms with Crippen molar-refractivity contribution < 1.29 is 28.5 Å². The SMILES string of the molecule is COc1ccc(CN(CCc2cc(OC)c(OC)cc2-c2ccccc2C=O)C(=O)OC(C)(C)C)cc1. The fourth-order valence-electron chi connectivity index (χ4n) is 3.99. The molecule has 0 spiro atoms. The van der Waals surface area contributed by atoms with Crippen LogP contribution in [0.2, 0.25) is 0 Å². The Balaban J connectivity index is 1.98. The fraction of sp³-hybridized carbons (Fsp3) is 0.333. The average molecular weight is 506 g/mol. The van der Waals surface area contributed by atoms with E-state index in [9.17, 15) is 9.59 Å². The van der Waals surface area contributed by atoms with Crippen molar-refractivity contribution >= 4 is 12.4 Å². The minimum Gasteiger partial charge on any atom is -0.497 e. The largest absolute Gasteiger partial charge is 0.497 e. The molecule has 0 bridgehead atoms. The second kappa shape index (κ2) is 12.3. The van der Waals surface area contributed by atoms with Crippen LogP contribution >= 0.6 is 0 Å². The Hall–Kier alpha value is -4.00. The number of methoxy groups -OCH3 is 3. The molecule has 0 saturated carbocycles. The van der Waals surface area contributed by atoms with Crippen molar-refractivity contribution in [2.75, 3.05) is 27.9 Å². The molecule has 0 heterocycles. The lowest BCUT2D eigenvalue weighted by molar-refractivity contribution is 0.0236. The van der Waals surface area contributed by atoms with Gasteiger partial charge < -0.3 is 23.8 Å². The van der Waals surface area contributed by atoms with Crippen LogP contribution in [0.1, 0.15) is 42.3 Å². The van der Waals surface area contributed by atoms with E-state index in [1.165, 1.54) is 0 Å². The quantitative estimate of drug-likeness (QED) is 0.307. The van der Waals surface area contributed by atoms with Gasteiger partial charge in [-0.25, -0.2) is 4.79 Å². The van der Waals surface area contributed by atoms with Crippen molar-refractivity contribution in [1.29, 1.82) is 0 Å². The van der Waals surface area contributed by atoms with Crippen molar-refractivity contribution in [2.45, 2.75) is 39.3 Å². The second-order valence-corrected chi connectivity index (χ2v) is 9.57. The highest BCUT2D eigenvalue weighted by molar-refractivity contribution is 5.89. The monoisotopic (exact) mass is 505 g/mol. The number of amides is 1. The molecule has 0 unspecified atom stereocenters. The normalized spacial score (nSPS) is 11.0. The van der Waals surface area contributed by atoms with E-state index in [1.54, 1.807) is 32.3 Å².